The van der Waals surface area contributed by atoms with E-state index in [0.29, 0.717) is 0 Å². The zero-order valence-corrected chi connectivity index (χ0v) is 13.3. The van der Waals surface area contributed by atoms with Gasteiger partial charge in [-0.05, 0) is 36.2 Å². The van der Waals surface area contributed by atoms with Crippen LogP contribution in [0.5, 0.6) is 0 Å². The number of carboxylic acid groups (broad SMARTS) is 1. The lowest BCUT2D eigenvalue weighted by molar-refractivity contribution is -0.138. The summed E-state index contributed by atoms with van der Waals surface area (Å²) in [6.45, 7) is 1.52. The Balaban J connectivity index is 2.12. The van der Waals surface area contributed by atoms with Crippen LogP contribution in [0.3, 0.4) is 0 Å². The lowest BCUT2D eigenvalue weighted by Crippen LogP contribution is -2.23. The van der Waals surface area contributed by atoms with Crippen molar-refractivity contribution in [2.24, 2.45) is 5.92 Å². The van der Waals surface area contributed by atoms with Gasteiger partial charge in [0.1, 0.15) is 0 Å². The predicted octanol–water partition coefficient (Wildman–Crippen LogP) is 4.22. The number of hydrogen-bond acceptors (Lipinski definition) is 2. The van der Waals surface area contributed by atoms with E-state index in [1.54, 1.807) is 0 Å². The Hall–Kier alpha value is -2.83. The van der Waals surface area contributed by atoms with Crippen LogP contribution in [0.1, 0.15) is 28.4 Å². The van der Waals surface area contributed by atoms with Crippen LogP contribution in [0.4, 0.5) is 18.9 Å². The van der Waals surface area contributed by atoms with Gasteiger partial charge in [0.05, 0.1) is 11.1 Å². The van der Waals surface area contributed by atoms with Crippen LogP contribution in [0.25, 0.3) is 0 Å². The number of aromatic carboxylic acids is 1. The summed E-state index contributed by atoms with van der Waals surface area (Å²) in [4.78, 5) is 23.1. The minimum Gasteiger partial charge on any atom is -0.478 e. The summed E-state index contributed by atoms with van der Waals surface area (Å²) in [6.07, 6.45) is -4.57. The number of hydrogen-bond donors (Lipinski definition) is 2. The van der Waals surface area contributed by atoms with Crippen molar-refractivity contribution in [2.75, 3.05) is 5.32 Å². The number of anilines is 1. The highest BCUT2D eigenvalue weighted by molar-refractivity contribution is 5.95. The maximum Gasteiger partial charge on any atom is 0.416 e. The van der Waals surface area contributed by atoms with Crippen LogP contribution in [0.2, 0.25) is 0 Å². The summed E-state index contributed by atoms with van der Waals surface area (Å²) in [5.41, 5.74) is -0.437. The molecule has 0 saturated carbocycles. The lowest BCUT2D eigenvalue weighted by atomic mass is 9.96. The van der Waals surface area contributed by atoms with Gasteiger partial charge in [-0.3, -0.25) is 4.79 Å². The number of carbonyl (C=O) groups is 2. The van der Waals surface area contributed by atoms with Gasteiger partial charge in [-0.2, -0.15) is 13.2 Å². The van der Waals surface area contributed by atoms with Gasteiger partial charge < -0.3 is 10.4 Å². The van der Waals surface area contributed by atoms with E-state index in [-0.39, 0.29) is 23.2 Å². The molecule has 0 heterocycles. The van der Waals surface area contributed by atoms with Crippen molar-refractivity contribution in [3.8, 4) is 0 Å². The molecule has 132 valence electrons. The fourth-order valence-corrected chi connectivity index (χ4v) is 2.39. The fourth-order valence-electron chi connectivity index (χ4n) is 2.39. The average molecular weight is 351 g/mol. The normalized spacial score (nSPS) is 12.5. The lowest BCUT2D eigenvalue weighted by Gasteiger charge is -2.16. The van der Waals surface area contributed by atoms with Gasteiger partial charge in [0.15, 0.2) is 0 Å². The third-order valence-corrected chi connectivity index (χ3v) is 3.67. The fraction of sp³-hybridized carbons (Fsp3) is 0.222. The van der Waals surface area contributed by atoms with Crippen molar-refractivity contribution in [1.82, 2.24) is 0 Å². The molecule has 0 aliphatic heterocycles. The average Bonchev–Trinajstić information content (AvgIpc) is 2.54. The second kappa shape index (κ2) is 7.38. The summed E-state index contributed by atoms with van der Waals surface area (Å²) in [5, 5.41) is 11.5. The molecule has 4 nitrogen and oxygen atoms in total. The largest absolute Gasteiger partial charge is 0.478 e. The van der Waals surface area contributed by atoms with E-state index in [1.165, 1.54) is 49.4 Å². The van der Waals surface area contributed by atoms with E-state index < -0.39 is 29.5 Å². The number of amides is 1. The molecule has 1 amide bonds. The number of rotatable bonds is 5. The van der Waals surface area contributed by atoms with Crippen molar-refractivity contribution >= 4 is 17.6 Å². The summed E-state index contributed by atoms with van der Waals surface area (Å²) in [7, 11) is 0. The Labute approximate surface area is 142 Å². The molecular weight excluding hydrogens is 335 g/mol. The highest BCUT2D eigenvalue weighted by atomic mass is 19.4. The number of nitrogens with one attached hydrogen (secondary N) is 1. The zero-order valence-electron chi connectivity index (χ0n) is 13.3. The van der Waals surface area contributed by atoms with E-state index in [1.807, 2.05) is 0 Å². The molecule has 2 aromatic rings. The number of carbonyl (C=O) groups excluding carboxylic acids is 1. The molecule has 2 rings (SSSR count). The molecule has 1 atom stereocenters. The molecule has 0 radical (unpaired) electrons. The summed E-state index contributed by atoms with van der Waals surface area (Å²) in [6, 6.07) is 10.8. The van der Waals surface area contributed by atoms with Crippen LogP contribution in [-0.2, 0) is 17.4 Å². The molecule has 0 aromatic heterocycles. The molecule has 0 bridgehead atoms. The molecule has 2 N–H and O–H groups in total. The zero-order chi connectivity index (χ0) is 18.6. The summed E-state index contributed by atoms with van der Waals surface area (Å²) < 4.78 is 39.0. The monoisotopic (exact) mass is 351 g/mol. The van der Waals surface area contributed by atoms with Gasteiger partial charge in [-0.15, -0.1) is 0 Å². The van der Waals surface area contributed by atoms with E-state index in [9.17, 15) is 22.8 Å². The first-order valence-corrected chi connectivity index (χ1v) is 7.48. The maximum atomic E-state index is 13.0. The number of alkyl halides is 3. The molecule has 2 aromatic carbocycles. The van der Waals surface area contributed by atoms with E-state index in [2.05, 4.69) is 5.32 Å². The minimum atomic E-state index is -4.48. The summed E-state index contributed by atoms with van der Waals surface area (Å²) in [5.74, 6) is -2.35. The first kappa shape index (κ1) is 18.5. The first-order chi connectivity index (χ1) is 11.7. The van der Waals surface area contributed by atoms with E-state index in [4.69, 9.17) is 5.11 Å². The smallest absolute Gasteiger partial charge is 0.416 e. The van der Waals surface area contributed by atoms with Gasteiger partial charge in [0.2, 0.25) is 5.91 Å². The Morgan fingerprint density at radius 3 is 2.44 bits per heavy atom. The molecule has 0 aliphatic rings. The second-order valence-electron chi connectivity index (χ2n) is 5.64. The standard InChI is InChI=1S/C18H16F3NO3/c1-11(9-12-5-2-3-8-15(12)18(19,20)21)16(23)22-14-7-4-6-13(10-14)17(24)25/h2-8,10-11H,9H2,1H3,(H,22,23)(H,24,25). The Kier molecular flexibility index (Phi) is 5.46. The predicted molar refractivity (Wildman–Crippen MR) is 86.3 cm³/mol. The molecule has 0 aliphatic carbocycles. The van der Waals surface area contributed by atoms with Crippen LogP contribution in [-0.4, -0.2) is 17.0 Å². The van der Waals surface area contributed by atoms with Crippen molar-refractivity contribution in [2.45, 2.75) is 19.5 Å². The van der Waals surface area contributed by atoms with Gasteiger partial charge in [-0.1, -0.05) is 31.2 Å². The van der Waals surface area contributed by atoms with Gasteiger partial charge in [0.25, 0.3) is 0 Å². The Morgan fingerprint density at radius 1 is 1.12 bits per heavy atom. The van der Waals surface area contributed by atoms with Gasteiger partial charge in [-0.25, -0.2) is 4.79 Å². The number of benzene rings is 2. The molecule has 0 saturated heterocycles. The van der Waals surface area contributed by atoms with Crippen molar-refractivity contribution in [1.29, 1.82) is 0 Å². The van der Waals surface area contributed by atoms with Crippen molar-refractivity contribution in [3.05, 3.63) is 65.2 Å². The highest BCUT2D eigenvalue weighted by Crippen LogP contribution is 2.33. The molecule has 0 spiro atoms. The number of carboxylic acids is 1. The highest BCUT2D eigenvalue weighted by Gasteiger charge is 2.33. The molecule has 0 fully saturated rings. The second-order valence-corrected chi connectivity index (χ2v) is 5.64. The van der Waals surface area contributed by atoms with E-state index in [0.717, 1.165) is 6.07 Å². The van der Waals surface area contributed by atoms with Crippen LogP contribution in [0, 0.1) is 5.92 Å². The topological polar surface area (TPSA) is 66.4 Å². The van der Waals surface area contributed by atoms with E-state index >= 15 is 0 Å². The Morgan fingerprint density at radius 2 is 1.80 bits per heavy atom. The van der Waals surface area contributed by atoms with Crippen molar-refractivity contribution < 1.29 is 27.9 Å². The molecular formula is C18H16F3NO3. The SMILES string of the molecule is CC(Cc1ccccc1C(F)(F)F)C(=O)Nc1cccc(C(=O)O)c1. The van der Waals surface area contributed by atoms with Crippen LogP contribution in [0.15, 0.2) is 48.5 Å². The maximum absolute atomic E-state index is 13.0. The van der Waals surface area contributed by atoms with Crippen LogP contribution < -0.4 is 5.32 Å². The number of halogens is 3. The van der Waals surface area contributed by atoms with Crippen molar-refractivity contribution in [3.63, 3.8) is 0 Å². The summed E-state index contributed by atoms with van der Waals surface area (Å²) >= 11 is 0. The quantitative estimate of drug-likeness (QED) is 0.848. The first-order valence-electron chi connectivity index (χ1n) is 7.48. The molecule has 1 unspecified atom stereocenters. The van der Waals surface area contributed by atoms with Gasteiger partial charge in [0, 0.05) is 11.6 Å². The minimum absolute atomic E-state index is 0.00729. The third-order valence-electron chi connectivity index (χ3n) is 3.67. The Bertz CT molecular complexity index is 787. The molecule has 25 heavy (non-hydrogen) atoms. The third kappa shape index (κ3) is 4.82. The molecule has 7 heteroatoms. The van der Waals surface area contributed by atoms with Gasteiger partial charge >= 0.3 is 12.1 Å². The van der Waals surface area contributed by atoms with Crippen LogP contribution >= 0.6 is 0 Å².